The first-order valence-electron chi connectivity index (χ1n) is 13.8. The highest BCUT2D eigenvalue weighted by Gasteiger charge is 2.18. The third-order valence-electron chi connectivity index (χ3n) is 6.60. The summed E-state index contributed by atoms with van der Waals surface area (Å²) in [5, 5.41) is 0. The Morgan fingerprint density at radius 2 is 1.07 bits per heavy atom. The van der Waals surface area contributed by atoms with E-state index in [1.54, 1.807) is 5.82 Å². The zero-order valence-electron chi connectivity index (χ0n) is 21.3. The van der Waals surface area contributed by atoms with Gasteiger partial charge in [0, 0.05) is 6.42 Å². The molecule has 0 amide bonds. The predicted molar refractivity (Wildman–Crippen MR) is 133 cm³/mol. The molecule has 1 rings (SSSR count). The monoisotopic (exact) mass is 419 g/mol. The van der Waals surface area contributed by atoms with Gasteiger partial charge in [-0.2, -0.15) is 0 Å². The van der Waals surface area contributed by atoms with Crippen LogP contribution in [0.2, 0.25) is 0 Å². The molecule has 176 valence electrons. The van der Waals surface area contributed by atoms with Crippen molar-refractivity contribution >= 4 is 0 Å². The maximum atomic E-state index is 2.51. The Kier molecular flexibility index (Phi) is 17.2. The first-order chi connectivity index (χ1) is 14.7. The lowest BCUT2D eigenvalue weighted by atomic mass is 10.0. The molecule has 0 aliphatic carbocycles. The van der Waals surface area contributed by atoms with Gasteiger partial charge in [0.1, 0.15) is 12.4 Å². The summed E-state index contributed by atoms with van der Waals surface area (Å²) < 4.78 is 5.00. The van der Waals surface area contributed by atoms with E-state index in [0.29, 0.717) is 6.04 Å². The molecule has 0 aliphatic heterocycles. The predicted octanol–water partition coefficient (Wildman–Crippen LogP) is 8.96. The van der Waals surface area contributed by atoms with Gasteiger partial charge in [-0.05, 0) is 26.7 Å². The van der Waals surface area contributed by atoms with Gasteiger partial charge in [0.25, 0.3) is 5.82 Å². The molecule has 0 unspecified atom stereocenters. The van der Waals surface area contributed by atoms with Crippen molar-refractivity contribution in [1.82, 2.24) is 4.57 Å². The Morgan fingerprint density at radius 1 is 0.633 bits per heavy atom. The van der Waals surface area contributed by atoms with Crippen LogP contribution in [0.3, 0.4) is 0 Å². The van der Waals surface area contributed by atoms with E-state index in [9.17, 15) is 0 Å². The summed E-state index contributed by atoms with van der Waals surface area (Å²) in [7, 11) is 0. The second kappa shape index (κ2) is 18.9. The first kappa shape index (κ1) is 27.2. The molecule has 0 aromatic carbocycles. The van der Waals surface area contributed by atoms with Crippen LogP contribution in [0.4, 0.5) is 0 Å². The zero-order chi connectivity index (χ0) is 21.9. The van der Waals surface area contributed by atoms with E-state index in [-0.39, 0.29) is 0 Å². The van der Waals surface area contributed by atoms with Crippen molar-refractivity contribution in [3.63, 3.8) is 0 Å². The van der Waals surface area contributed by atoms with Crippen molar-refractivity contribution in [1.29, 1.82) is 0 Å². The average Bonchev–Trinajstić information content (AvgIpc) is 3.15. The number of unbranched alkanes of at least 4 members (excludes halogenated alkanes) is 16. The molecule has 1 aromatic heterocycles. The molecule has 0 radical (unpaired) electrons. The molecule has 0 fully saturated rings. The van der Waals surface area contributed by atoms with Crippen molar-refractivity contribution in [3.8, 4) is 0 Å². The second-order valence-electron chi connectivity index (χ2n) is 9.82. The lowest BCUT2D eigenvalue weighted by Gasteiger charge is -2.08. The topological polar surface area (TPSA) is 8.81 Å². The van der Waals surface area contributed by atoms with Crippen LogP contribution in [0.5, 0.6) is 0 Å². The minimum absolute atomic E-state index is 0.573. The van der Waals surface area contributed by atoms with Gasteiger partial charge in [-0.3, -0.25) is 0 Å². The minimum Gasteiger partial charge on any atom is -0.234 e. The molecule has 0 atom stereocenters. The van der Waals surface area contributed by atoms with Crippen LogP contribution in [0, 0.1) is 0 Å². The van der Waals surface area contributed by atoms with Crippen LogP contribution in [0.15, 0.2) is 12.4 Å². The summed E-state index contributed by atoms with van der Waals surface area (Å²) in [5.41, 5.74) is 0. The Bertz CT molecular complexity index is 489. The molecule has 0 saturated heterocycles. The second-order valence-corrected chi connectivity index (χ2v) is 9.82. The smallest absolute Gasteiger partial charge is 0.234 e. The quantitative estimate of drug-likeness (QED) is 0.139. The average molecular weight is 420 g/mol. The number of hydrogen-bond donors (Lipinski definition) is 0. The molecule has 0 spiro atoms. The van der Waals surface area contributed by atoms with E-state index in [2.05, 4.69) is 49.2 Å². The fraction of sp³-hybridized carbons (Fsp3) is 0.893. The number of imidazole rings is 1. The lowest BCUT2D eigenvalue weighted by molar-refractivity contribution is -0.704. The van der Waals surface area contributed by atoms with Gasteiger partial charge in [0.15, 0.2) is 0 Å². The van der Waals surface area contributed by atoms with E-state index in [4.69, 9.17) is 0 Å². The van der Waals surface area contributed by atoms with Gasteiger partial charge in [0.2, 0.25) is 0 Å². The van der Waals surface area contributed by atoms with Gasteiger partial charge in [-0.15, -0.1) is 0 Å². The molecular weight excluding hydrogens is 364 g/mol. The summed E-state index contributed by atoms with van der Waals surface area (Å²) in [6.07, 6.45) is 31.5. The van der Waals surface area contributed by atoms with Crippen molar-refractivity contribution in [2.24, 2.45) is 0 Å². The van der Waals surface area contributed by atoms with Crippen molar-refractivity contribution in [3.05, 3.63) is 18.2 Å². The Labute approximate surface area is 189 Å². The van der Waals surface area contributed by atoms with Gasteiger partial charge in [-0.25, -0.2) is 9.13 Å². The molecule has 0 N–H and O–H groups in total. The normalized spacial score (nSPS) is 11.6. The molecule has 30 heavy (non-hydrogen) atoms. The maximum Gasteiger partial charge on any atom is 0.256 e. The molecule has 0 aliphatic rings. The molecule has 1 heterocycles. The maximum absolute atomic E-state index is 2.51. The third kappa shape index (κ3) is 12.8. The van der Waals surface area contributed by atoms with E-state index in [1.165, 1.54) is 129 Å². The van der Waals surface area contributed by atoms with E-state index >= 15 is 0 Å². The van der Waals surface area contributed by atoms with Crippen molar-refractivity contribution < 1.29 is 4.57 Å². The zero-order valence-corrected chi connectivity index (χ0v) is 21.3. The standard InChI is InChI=1S/C28H55N2/c1-5-7-9-10-11-12-13-14-15-16-17-18-19-20-21-22-23-28-29(24-8-6-2)25-26-30(28)27(3)4/h25-27H,5-24H2,1-4H3/q+1. The number of rotatable bonds is 21. The van der Waals surface area contributed by atoms with Crippen LogP contribution >= 0.6 is 0 Å². The fourth-order valence-corrected chi connectivity index (χ4v) is 4.58. The molecule has 0 saturated carbocycles. The van der Waals surface area contributed by atoms with Crippen LogP contribution in [0.1, 0.15) is 155 Å². The van der Waals surface area contributed by atoms with E-state index in [0.717, 1.165) is 0 Å². The lowest BCUT2D eigenvalue weighted by Crippen LogP contribution is -2.37. The van der Waals surface area contributed by atoms with Gasteiger partial charge < -0.3 is 0 Å². The highest BCUT2D eigenvalue weighted by atomic mass is 15.2. The number of aromatic nitrogens is 2. The van der Waals surface area contributed by atoms with Gasteiger partial charge in [-0.1, -0.05) is 117 Å². The van der Waals surface area contributed by atoms with Crippen LogP contribution in [0.25, 0.3) is 0 Å². The van der Waals surface area contributed by atoms with Crippen molar-refractivity contribution in [2.75, 3.05) is 0 Å². The number of nitrogens with zero attached hydrogens (tertiary/aromatic N) is 2. The van der Waals surface area contributed by atoms with E-state index in [1.807, 2.05) is 0 Å². The Morgan fingerprint density at radius 3 is 1.50 bits per heavy atom. The summed E-state index contributed by atoms with van der Waals surface area (Å²) in [4.78, 5) is 0. The highest BCUT2D eigenvalue weighted by Crippen LogP contribution is 2.15. The molecule has 2 heteroatoms. The largest absolute Gasteiger partial charge is 0.256 e. The van der Waals surface area contributed by atoms with Crippen LogP contribution < -0.4 is 4.57 Å². The van der Waals surface area contributed by atoms with Gasteiger partial charge >= 0.3 is 0 Å². The van der Waals surface area contributed by atoms with Gasteiger partial charge in [0.05, 0.1) is 12.6 Å². The molecule has 1 aromatic rings. The summed E-state index contributed by atoms with van der Waals surface area (Å²) >= 11 is 0. The number of hydrogen-bond acceptors (Lipinski definition) is 0. The molecule has 0 bridgehead atoms. The summed E-state index contributed by atoms with van der Waals surface area (Å²) in [6.45, 7) is 10.4. The first-order valence-corrected chi connectivity index (χ1v) is 13.8. The highest BCUT2D eigenvalue weighted by molar-refractivity contribution is 4.86. The minimum atomic E-state index is 0.573. The Balaban J connectivity index is 1.98. The Hall–Kier alpha value is -0.790. The van der Waals surface area contributed by atoms with Crippen molar-refractivity contribution in [2.45, 2.75) is 162 Å². The SMILES string of the molecule is CCCCCCCCCCCCCCCCCCc1n(C(C)C)cc[n+]1CCCC. The third-order valence-corrected chi connectivity index (χ3v) is 6.60. The van der Waals surface area contributed by atoms with Crippen LogP contribution in [-0.2, 0) is 13.0 Å². The fourth-order valence-electron chi connectivity index (χ4n) is 4.58. The molecule has 2 nitrogen and oxygen atoms in total. The number of aryl methyl sites for hydroxylation is 1. The summed E-state index contributed by atoms with van der Waals surface area (Å²) in [5.74, 6) is 1.55. The molecular formula is C28H55N2+. The van der Waals surface area contributed by atoms with E-state index < -0.39 is 0 Å². The van der Waals surface area contributed by atoms with Crippen LogP contribution in [-0.4, -0.2) is 4.57 Å². The summed E-state index contributed by atoms with van der Waals surface area (Å²) in [6, 6.07) is 0.573.